The van der Waals surface area contributed by atoms with Crippen molar-refractivity contribution in [2.75, 3.05) is 12.3 Å². The number of carbonyl (C=O) groups is 1. The summed E-state index contributed by atoms with van der Waals surface area (Å²) in [5, 5.41) is 0. The van der Waals surface area contributed by atoms with Crippen LogP contribution in [0.15, 0.2) is 67.6 Å². The summed E-state index contributed by atoms with van der Waals surface area (Å²) in [7, 11) is 0. The van der Waals surface area contributed by atoms with Crippen molar-refractivity contribution < 1.29 is 4.79 Å². The van der Waals surface area contributed by atoms with Gasteiger partial charge in [-0.05, 0) is 24.6 Å². The summed E-state index contributed by atoms with van der Waals surface area (Å²) in [6, 6.07) is 9.71. The van der Waals surface area contributed by atoms with Gasteiger partial charge in [-0.25, -0.2) is 15.0 Å². The van der Waals surface area contributed by atoms with Gasteiger partial charge in [-0.1, -0.05) is 24.3 Å². The number of imidazole rings is 1. The highest BCUT2D eigenvalue weighted by Gasteiger charge is 2.17. The highest BCUT2D eigenvalue weighted by atomic mass is 16.1. The van der Waals surface area contributed by atoms with E-state index in [0.29, 0.717) is 12.2 Å². The van der Waals surface area contributed by atoms with Gasteiger partial charge in [0.15, 0.2) is 11.6 Å². The fraction of sp³-hybridized carbons (Fsp3) is 0.136. The number of benzene rings is 1. The van der Waals surface area contributed by atoms with E-state index >= 15 is 0 Å². The normalized spacial score (nSPS) is 10.8. The molecular weight excluding hydrogens is 378 g/mol. The summed E-state index contributed by atoms with van der Waals surface area (Å²) in [5.74, 6) is -0.118. The van der Waals surface area contributed by atoms with Crippen molar-refractivity contribution in [3.05, 3.63) is 84.5 Å². The lowest BCUT2D eigenvalue weighted by Crippen LogP contribution is -2.13. The molecule has 0 aliphatic carbocycles. The molecule has 0 atom stereocenters. The van der Waals surface area contributed by atoms with Gasteiger partial charge in [-0.3, -0.25) is 9.78 Å². The predicted molar refractivity (Wildman–Crippen MR) is 114 cm³/mol. The molecule has 8 nitrogen and oxygen atoms in total. The summed E-state index contributed by atoms with van der Waals surface area (Å²) in [6.45, 7) is 0.592. The molecule has 1 aromatic carbocycles. The molecule has 3 aromatic heterocycles. The van der Waals surface area contributed by atoms with Crippen LogP contribution in [0.5, 0.6) is 0 Å². The van der Waals surface area contributed by atoms with Crippen molar-refractivity contribution in [1.82, 2.24) is 24.5 Å². The summed E-state index contributed by atoms with van der Waals surface area (Å²) in [4.78, 5) is 29.9. The Balaban J connectivity index is 1.62. The van der Waals surface area contributed by atoms with Gasteiger partial charge >= 0.3 is 0 Å². The van der Waals surface area contributed by atoms with Crippen LogP contribution in [0.25, 0.3) is 16.9 Å². The zero-order valence-electron chi connectivity index (χ0n) is 16.3. The molecule has 150 valence electrons. The maximum Gasteiger partial charge on any atom is 0.189 e. The van der Waals surface area contributed by atoms with Crippen LogP contribution in [0, 0.1) is 0 Å². The number of Topliss-reactive ketones (excluding diaryl/α,β-unsaturated/α-hetero) is 1. The average molecular weight is 399 g/mol. The van der Waals surface area contributed by atoms with E-state index in [-0.39, 0.29) is 23.7 Å². The first-order valence-electron chi connectivity index (χ1n) is 9.52. The number of nitrogens with zero attached hydrogens (tertiary/aromatic N) is 5. The predicted octanol–water partition coefficient (Wildman–Crippen LogP) is 2.23. The van der Waals surface area contributed by atoms with Gasteiger partial charge in [-0.2, -0.15) is 0 Å². The van der Waals surface area contributed by atoms with Crippen LogP contribution in [-0.4, -0.2) is 36.8 Å². The maximum atomic E-state index is 13.0. The molecular formula is C22H21N7O. The lowest BCUT2D eigenvalue weighted by Gasteiger charge is -2.10. The van der Waals surface area contributed by atoms with Crippen molar-refractivity contribution >= 4 is 11.6 Å². The van der Waals surface area contributed by atoms with E-state index in [9.17, 15) is 4.79 Å². The number of ketones is 1. The van der Waals surface area contributed by atoms with E-state index in [0.717, 1.165) is 28.8 Å². The number of anilines is 1. The number of nitrogen functional groups attached to an aromatic ring is 1. The molecule has 0 bridgehead atoms. The lowest BCUT2D eigenvalue weighted by atomic mass is 10.1. The average Bonchev–Trinajstić information content (AvgIpc) is 3.30. The number of hydrogen-bond acceptors (Lipinski definition) is 7. The molecule has 4 rings (SSSR count). The number of nitrogens with two attached hydrogens (primary N) is 2. The molecule has 0 saturated carbocycles. The van der Waals surface area contributed by atoms with Gasteiger partial charge < -0.3 is 16.0 Å². The summed E-state index contributed by atoms with van der Waals surface area (Å²) >= 11 is 0. The van der Waals surface area contributed by atoms with Crippen molar-refractivity contribution in [3.63, 3.8) is 0 Å². The standard InChI is InChI=1S/C22H21N7O/c23-7-5-15-1-3-16(4-2-15)18-13-27-22(24)21(28-18)20(30)11-17-12-25-8-6-19(17)29-10-9-26-14-29/h1-4,6,8-10,12-14H,5,7,11,23H2,(H2,24,27). The molecule has 0 spiro atoms. The fourth-order valence-corrected chi connectivity index (χ4v) is 3.22. The molecule has 8 heteroatoms. The van der Waals surface area contributed by atoms with Crippen LogP contribution in [0.1, 0.15) is 21.6 Å². The van der Waals surface area contributed by atoms with Crippen LogP contribution < -0.4 is 11.5 Å². The lowest BCUT2D eigenvalue weighted by molar-refractivity contribution is 0.0989. The zero-order valence-corrected chi connectivity index (χ0v) is 16.3. The molecule has 0 aliphatic rings. The molecule has 3 heterocycles. The van der Waals surface area contributed by atoms with Crippen LogP contribution >= 0.6 is 0 Å². The number of carbonyl (C=O) groups excluding carboxylic acids is 1. The van der Waals surface area contributed by atoms with E-state index < -0.39 is 0 Å². The fourth-order valence-electron chi connectivity index (χ4n) is 3.22. The minimum absolute atomic E-state index is 0.0964. The highest BCUT2D eigenvalue weighted by molar-refractivity contribution is 6.00. The first-order chi connectivity index (χ1) is 14.7. The van der Waals surface area contributed by atoms with Crippen molar-refractivity contribution in [1.29, 1.82) is 0 Å². The van der Waals surface area contributed by atoms with Gasteiger partial charge in [0, 0.05) is 42.3 Å². The topological polar surface area (TPSA) is 126 Å². The summed E-state index contributed by atoms with van der Waals surface area (Å²) < 4.78 is 1.83. The molecule has 0 radical (unpaired) electrons. The Labute approximate surface area is 173 Å². The minimum Gasteiger partial charge on any atom is -0.382 e. The molecule has 4 aromatic rings. The SMILES string of the molecule is NCCc1ccc(-c2cnc(N)c(C(=O)Cc3cnccc3-n3ccnc3)n2)cc1. The Morgan fingerprint density at radius 1 is 1.03 bits per heavy atom. The number of hydrogen-bond donors (Lipinski definition) is 2. The van der Waals surface area contributed by atoms with E-state index in [1.807, 2.05) is 41.1 Å². The molecule has 0 amide bonds. The van der Waals surface area contributed by atoms with Crippen LogP contribution in [0.2, 0.25) is 0 Å². The third-order valence-corrected chi connectivity index (χ3v) is 4.76. The quantitative estimate of drug-likeness (QED) is 0.456. The highest BCUT2D eigenvalue weighted by Crippen LogP contribution is 2.21. The number of pyridine rings is 1. The summed E-state index contributed by atoms with van der Waals surface area (Å²) in [5.41, 5.74) is 15.9. The van der Waals surface area contributed by atoms with E-state index in [1.54, 1.807) is 31.1 Å². The largest absolute Gasteiger partial charge is 0.382 e. The van der Waals surface area contributed by atoms with Crippen LogP contribution in [-0.2, 0) is 12.8 Å². The number of rotatable bonds is 7. The molecule has 30 heavy (non-hydrogen) atoms. The third kappa shape index (κ3) is 4.08. The Bertz CT molecular complexity index is 1150. The molecule has 0 fully saturated rings. The van der Waals surface area contributed by atoms with Crippen LogP contribution in [0.4, 0.5) is 5.82 Å². The van der Waals surface area contributed by atoms with Gasteiger partial charge in [0.1, 0.15) is 5.69 Å². The van der Waals surface area contributed by atoms with Crippen molar-refractivity contribution in [2.24, 2.45) is 5.73 Å². The van der Waals surface area contributed by atoms with Gasteiger partial charge in [0.2, 0.25) is 0 Å². The Morgan fingerprint density at radius 2 is 1.87 bits per heavy atom. The van der Waals surface area contributed by atoms with Crippen molar-refractivity contribution in [3.8, 4) is 16.9 Å². The molecule has 0 unspecified atom stereocenters. The minimum atomic E-state index is -0.226. The van der Waals surface area contributed by atoms with Gasteiger partial charge in [0.25, 0.3) is 0 Å². The molecule has 0 saturated heterocycles. The smallest absolute Gasteiger partial charge is 0.189 e. The summed E-state index contributed by atoms with van der Waals surface area (Å²) in [6.07, 6.45) is 11.0. The van der Waals surface area contributed by atoms with E-state index in [4.69, 9.17) is 11.5 Å². The molecule has 4 N–H and O–H groups in total. The second kappa shape index (κ2) is 8.62. The van der Waals surface area contributed by atoms with Gasteiger partial charge in [0.05, 0.1) is 23.9 Å². The third-order valence-electron chi connectivity index (χ3n) is 4.76. The van der Waals surface area contributed by atoms with Crippen LogP contribution in [0.3, 0.4) is 0 Å². The monoisotopic (exact) mass is 399 g/mol. The second-order valence-corrected chi connectivity index (χ2v) is 6.80. The Hall–Kier alpha value is -3.91. The van der Waals surface area contributed by atoms with Gasteiger partial charge in [-0.15, -0.1) is 0 Å². The first-order valence-corrected chi connectivity index (χ1v) is 9.52. The maximum absolute atomic E-state index is 13.0. The van der Waals surface area contributed by atoms with E-state index in [1.165, 1.54) is 0 Å². The number of aromatic nitrogens is 5. The second-order valence-electron chi connectivity index (χ2n) is 6.80. The van der Waals surface area contributed by atoms with E-state index in [2.05, 4.69) is 19.9 Å². The Morgan fingerprint density at radius 3 is 2.60 bits per heavy atom. The first kappa shape index (κ1) is 19.4. The Kier molecular flexibility index (Phi) is 5.58. The van der Waals surface area contributed by atoms with Crippen molar-refractivity contribution in [2.45, 2.75) is 12.8 Å². The molecule has 0 aliphatic heterocycles. The zero-order chi connectivity index (χ0) is 20.9.